The van der Waals surface area contributed by atoms with Crippen LogP contribution in [-0.2, 0) is 6.42 Å². The van der Waals surface area contributed by atoms with Gasteiger partial charge in [0, 0.05) is 11.4 Å². The fourth-order valence-electron chi connectivity index (χ4n) is 2.68. The Bertz CT molecular complexity index is 464. The van der Waals surface area contributed by atoms with Gasteiger partial charge in [-0.1, -0.05) is 12.8 Å². The predicted molar refractivity (Wildman–Crippen MR) is 75.0 cm³/mol. The van der Waals surface area contributed by atoms with Gasteiger partial charge < -0.3 is 4.74 Å². The first-order valence-corrected chi connectivity index (χ1v) is 7.00. The van der Waals surface area contributed by atoms with Crippen LogP contribution in [0.1, 0.15) is 31.2 Å². The SMILES string of the molecule is COc1cc(CC2CCCCC2Cl)cc([N+](=O)[O-])c1. The first kappa shape index (κ1) is 14.1. The van der Waals surface area contributed by atoms with E-state index in [1.807, 2.05) is 6.07 Å². The van der Waals surface area contributed by atoms with Gasteiger partial charge in [-0.25, -0.2) is 0 Å². The Balaban J connectivity index is 2.18. The highest BCUT2D eigenvalue weighted by molar-refractivity contribution is 6.20. The van der Waals surface area contributed by atoms with E-state index in [1.54, 1.807) is 6.07 Å². The predicted octanol–water partition coefficient (Wildman–Crippen LogP) is 3.94. The summed E-state index contributed by atoms with van der Waals surface area (Å²) in [5.74, 6) is 0.938. The Labute approximate surface area is 117 Å². The lowest BCUT2D eigenvalue weighted by atomic mass is 9.84. The van der Waals surface area contributed by atoms with E-state index in [2.05, 4.69) is 0 Å². The fraction of sp³-hybridized carbons (Fsp3) is 0.571. The van der Waals surface area contributed by atoms with Crippen molar-refractivity contribution in [1.82, 2.24) is 0 Å². The third-order valence-corrected chi connectivity index (χ3v) is 4.29. The van der Waals surface area contributed by atoms with Crippen molar-refractivity contribution in [2.24, 2.45) is 5.92 Å². The molecule has 1 saturated carbocycles. The average molecular weight is 284 g/mol. The Morgan fingerprint density at radius 3 is 2.74 bits per heavy atom. The minimum absolute atomic E-state index is 0.0799. The third kappa shape index (κ3) is 3.60. The van der Waals surface area contributed by atoms with Gasteiger partial charge in [0.1, 0.15) is 5.75 Å². The van der Waals surface area contributed by atoms with Crippen LogP contribution in [0.2, 0.25) is 0 Å². The summed E-state index contributed by atoms with van der Waals surface area (Å²) < 4.78 is 5.12. The molecule has 0 amide bonds. The van der Waals surface area contributed by atoms with Crippen LogP contribution in [-0.4, -0.2) is 17.4 Å². The van der Waals surface area contributed by atoms with Crippen LogP contribution in [0.4, 0.5) is 5.69 Å². The summed E-state index contributed by atoms with van der Waals surface area (Å²) in [6.45, 7) is 0. The number of alkyl halides is 1. The van der Waals surface area contributed by atoms with Gasteiger partial charge in [0.2, 0.25) is 0 Å². The Morgan fingerprint density at radius 1 is 1.37 bits per heavy atom. The number of benzene rings is 1. The van der Waals surface area contributed by atoms with Crippen LogP contribution in [0.15, 0.2) is 18.2 Å². The Morgan fingerprint density at radius 2 is 2.11 bits per heavy atom. The molecule has 0 saturated heterocycles. The van der Waals surface area contributed by atoms with E-state index in [4.69, 9.17) is 16.3 Å². The summed E-state index contributed by atoms with van der Waals surface area (Å²) in [6.07, 6.45) is 5.30. The first-order chi connectivity index (χ1) is 9.10. The van der Waals surface area contributed by atoms with Gasteiger partial charge in [-0.05, 0) is 36.8 Å². The molecule has 1 aliphatic rings. The van der Waals surface area contributed by atoms with Crippen LogP contribution in [0, 0.1) is 16.0 Å². The molecule has 0 bridgehead atoms. The maximum atomic E-state index is 10.9. The topological polar surface area (TPSA) is 52.4 Å². The van der Waals surface area contributed by atoms with E-state index >= 15 is 0 Å². The highest BCUT2D eigenvalue weighted by atomic mass is 35.5. The van der Waals surface area contributed by atoms with E-state index in [1.165, 1.54) is 26.0 Å². The normalized spacial score (nSPS) is 23.1. The van der Waals surface area contributed by atoms with Gasteiger partial charge in [0.05, 0.1) is 18.1 Å². The van der Waals surface area contributed by atoms with Crippen LogP contribution in [0.5, 0.6) is 5.75 Å². The van der Waals surface area contributed by atoms with Crippen LogP contribution in [0.25, 0.3) is 0 Å². The summed E-state index contributed by atoms with van der Waals surface area (Å²) in [7, 11) is 1.52. The minimum atomic E-state index is -0.384. The van der Waals surface area contributed by atoms with Gasteiger partial charge >= 0.3 is 0 Å². The number of methoxy groups -OCH3 is 1. The zero-order valence-electron chi connectivity index (χ0n) is 11.0. The smallest absolute Gasteiger partial charge is 0.273 e. The number of nitro benzene ring substituents is 1. The molecule has 1 aliphatic carbocycles. The first-order valence-electron chi connectivity index (χ1n) is 6.56. The highest BCUT2D eigenvalue weighted by Crippen LogP contribution is 2.33. The van der Waals surface area contributed by atoms with Gasteiger partial charge in [0.25, 0.3) is 5.69 Å². The van der Waals surface area contributed by atoms with Crippen molar-refractivity contribution < 1.29 is 9.66 Å². The molecular formula is C14H18ClNO3. The molecule has 0 aromatic heterocycles. The summed E-state index contributed by atoms with van der Waals surface area (Å²) in [6, 6.07) is 4.94. The standard InChI is InChI=1S/C14H18ClNO3/c1-19-13-8-10(7-12(9-13)16(17)18)6-11-4-2-3-5-14(11)15/h7-9,11,14H,2-6H2,1H3. The maximum Gasteiger partial charge on any atom is 0.273 e. The summed E-state index contributed by atoms with van der Waals surface area (Å²) in [5, 5.41) is 11.1. The van der Waals surface area contributed by atoms with E-state index in [0.717, 1.165) is 24.8 Å². The van der Waals surface area contributed by atoms with Crippen LogP contribution < -0.4 is 4.74 Å². The van der Waals surface area contributed by atoms with Crippen molar-refractivity contribution in [2.75, 3.05) is 7.11 Å². The second-order valence-corrected chi connectivity index (χ2v) is 5.62. The zero-order chi connectivity index (χ0) is 13.8. The van der Waals surface area contributed by atoms with E-state index in [-0.39, 0.29) is 16.0 Å². The zero-order valence-corrected chi connectivity index (χ0v) is 11.7. The molecule has 2 atom stereocenters. The molecular weight excluding hydrogens is 266 g/mol. The molecule has 4 nitrogen and oxygen atoms in total. The molecule has 1 aromatic carbocycles. The lowest BCUT2D eigenvalue weighted by molar-refractivity contribution is -0.385. The molecule has 2 rings (SSSR count). The number of nitrogens with zero attached hydrogens (tertiary/aromatic N) is 1. The molecule has 0 N–H and O–H groups in total. The fourth-order valence-corrected chi connectivity index (χ4v) is 3.05. The molecule has 19 heavy (non-hydrogen) atoms. The third-order valence-electron chi connectivity index (χ3n) is 3.71. The molecule has 0 aliphatic heterocycles. The van der Waals surface area contributed by atoms with Crippen molar-refractivity contribution in [1.29, 1.82) is 0 Å². The second-order valence-electron chi connectivity index (χ2n) is 5.06. The summed E-state index contributed by atoms with van der Waals surface area (Å²) in [5.41, 5.74) is 1.01. The molecule has 0 heterocycles. The molecule has 0 radical (unpaired) electrons. The molecule has 2 unspecified atom stereocenters. The number of hydrogen-bond acceptors (Lipinski definition) is 3. The largest absolute Gasteiger partial charge is 0.496 e. The molecule has 104 valence electrons. The number of non-ortho nitro benzene ring substituents is 1. The average Bonchev–Trinajstić information content (AvgIpc) is 2.41. The summed E-state index contributed by atoms with van der Waals surface area (Å²) >= 11 is 6.34. The molecule has 5 heteroatoms. The van der Waals surface area contributed by atoms with Crippen molar-refractivity contribution in [3.63, 3.8) is 0 Å². The second kappa shape index (κ2) is 6.24. The van der Waals surface area contributed by atoms with Crippen LogP contribution in [0.3, 0.4) is 0 Å². The quantitative estimate of drug-likeness (QED) is 0.478. The number of nitro groups is 1. The van der Waals surface area contributed by atoms with Crippen molar-refractivity contribution in [2.45, 2.75) is 37.5 Å². The lowest BCUT2D eigenvalue weighted by Crippen LogP contribution is -2.21. The number of halogens is 1. The monoisotopic (exact) mass is 283 g/mol. The Hall–Kier alpha value is -1.29. The van der Waals surface area contributed by atoms with Gasteiger partial charge in [0.15, 0.2) is 0 Å². The number of hydrogen-bond donors (Lipinski definition) is 0. The number of rotatable bonds is 4. The van der Waals surface area contributed by atoms with Crippen LogP contribution >= 0.6 is 11.6 Å². The van der Waals surface area contributed by atoms with Gasteiger partial charge in [-0.2, -0.15) is 0 Å². The minimum Gasteiger partial charge on any atom is -0.496 e. The maximum absolute atomic E-state index is 10.9. The van der Waals surface area contributed by atoms with Crippen molar-refractivity contribution in [3.05, 3.63) is 33.9 Å². The summed E-state index contributed by atoms with van der Waals surface area (Å²) in [4.78, 5) is 10.5. The Kier molecular flexibility index (Phi) is 4.64. The van der Waals surface area contributed by atoms with E-state index in [9.17, 15) is 10.1 Å². The van der Waals surface area contributed by atoms with Crippen molar-refractivity contribution >= 4 is 17.3 Å². The highest BCUT2D eigenvalue weighted by Gasteiger charge is 2.24. The van der Waals surface area contributed by atoms with Crippen molar-refractivity contribution in [3.8, 4) is 5.75 Å². The number of ether oxygens (including phenoxy) is 1. The molecule has 0 spiro atoms. The molecule has 1 aromatic rings. The van der Waals surface area contributed by atoms with Gasteiger partial charge in [-0.15, -0.1) is 11.6 Å². The van der Waals surface area contributed by atoms with Gasteiger partial charge in [-0.3, -0.25) is 10.1 Å². The lowest BCUT2D eigenvalue weighted by Gasteiger charge is -2.27. The molecule has 1 fully saturated rings. The van der Waals surface area contributed by atoms with E-state index in [0.29, 0.717) is 11.7 Å². The van der Waals surface area contributed by atoms with E-state index < -0.39 is 0 Å².